The zero-order valence-electron chi connectivity index (χ0n) is 23.6. The van der Waals surface area contributed by atoms with Gasteiger partial charge in [0, 0.05) is 24.1 Å². The minimum absolute atomic E-state index is 0. The van der Waals surface area contributed by atoms with E-state index in [-0.39, 0.29) is 36.6 Å². The minimum atomic E-state index is -1.87. The molecule has 3 aromatic rings. The first-order valence-electron chi connectivity index (χ1n) is 14.1. The van der Waals surface area contributed by atoms with Crippen LogP contribution in [0.4, 0.5) is 0 Å². The van der Waals surface area contributed by atoms with Crippen LogP contribution in [0.5, 0.6) is 0 Å². The normalized spacial score (nSPS) is 23.0. The Balaban J connectivity index is 0.00000387. The average molecular weight is 596 g/mol. The molecule has 5 rings (SSSR count). The minimum Gasteiger partial charge on any atom is -1.00 e. The molecule has 2 unspecified atom stereocenters. The summed E-state index contributed by atoms with van der Waals surface area (Å²) >= 11 is 1.82. The number of benzene rings is 2. The molecule has 2 aliphatic heterocycles. The quantitative estimate of drug-likeness (QED) is 0.210. The highest BCUT2D eigenvalue weighted by Crippen LogP contribution is 2.41. The van der Waals surface area contributed by atoms with Gasteiger partial charge in [-0.05, 0) is 55.2 Å². The standard InChI is InChI=1S/C33H38NO5S.ClH/c1-3-38-31(35)16-10-15-29-19-20-30(40-29)23-34(2)26-17-18-27(34)22-28(21-26)39-32(36)33(37,24-11-6-4-7-12-24)25-13-8-5-9-14-25;/h4-9,11-14,17-20,26-28,37H,3,10,15-16,21-23H2,1-2H3;1H/q+1;/p-1/t26-,27+,28?,34?;. The van der Waals surface area contributed by atoms with E-state index in [0.29, 0.717) is 37.0 Å². The first kappa shape index (κ1) is 31.0. The Labute approximate surface area is 252 Å². The number of carbonyl (C=O) groups excluding carboxylic acids is 2. The van der Waals surface area contributed by atoms with Crippen molar-refractivity contribution in [2.75, 3.05) is 13.7 Å². The molecule has 2 bridgehead atoms. The van der Waals surface area contributed by atoms with Crippen LogP contribution in [-0.2, 0) is 37.6 Å². The molecule has 1 aromatic heterocycles. The molecule has 41 heavy (non-hydrogen) atoms. The Morgan fingerprint density at radius 1 is 0.927 bits per heavy atom. The highest BCUT2D eigenvalue weighted by atomic mass is 35.5. The smallest absolute Gasteiger partial charge is 0.347 e. The maximum absolute atomic E-state index is 13.7. The van der Waals surface area contributed by atoms with E-state index in [0.717, 1.165) is 23.9 Å². The molecule has 6 nitrogen and oxygen atoms in total. The van der Waals surface area contributed by atoms with Crippen LogP contribution < -0.4 is 12.4 Å². The van der Waals surface area contributed by atoms with Crippen LogP contribution in [0.15, 0.2) is 84.9 Å². The lowest BCUT2D eigenvalue weighted by atomic mass is 9.86. The van der Waals surface area contributed by atoms with Crippen LogP contribution >= 0.6 is 11.3 Å². The van der Waals surface area contributed by atoms with Crippen LogP contribution in [0.1, 0.15) is 53.5 Å². The van der Waals surface area contributed by atoms with Gasteiger partial charge in [0.05, 0.1) is 18.5 Å². The van der Waals surface area contributed by atoms with Gasteiger partial charge in [0.2, 0.25) is 5.60 Å². The first-order chi connectivity index (χ1) is 19.3. The van der Waals surface area contributed by atoms with Gasteiger partial charge in [0.1, 0.15) is 24.7 Å². The number of aryl methyl sites for hydroxylation is 1. The van der Waals surface area contributed by atoms with Crippen molar-refractivity contribution in [1.29, 1.82) is 0 Å². The summed E-state index contributed by atoms with van der Waals surface area (Å²) in [5, 5.41) is 11.8. The largest absolute Gasteiger partial charge is 1.00 e. The molecule has 0 aliphatic carbocycles. The zero-order valence-corrected chi connectivity index (χ0v) is 25.2. The van der Waals surface area contributed by atoms with E-state index in [9.17, 15) is 14.7 Å². The van der Waals surface area contributed by atoms with Gasteiger partial charge in [-0.25, -0.2) is 4.79 Å². The second-order valence-electron chi connectivity index (χ2n) is 11.0. The molecular formula is C33H38ClNO5S. The molecule has 1 fully saturated rings. The van der Waals surface area contributed by atoms with Gasteiger partial charge in [-0.3, -0.25) is 4.79 Å². The number of quaternary nitrogens is 1. The number of carbonyl (C=O) groups is 2. The number of thiophene rings is 1. The molecular weight excluding hydrogens is 558 g/mol. The molecule has 8 heteroatoms. The van der Waals surface area contributed by atoms with Crippen LogP contribution in [-0.4, -0.2) is 53.4 Å². The summed E-state index contributed by atoms with van der Waals surface area (Å²) in [5.74, 6) is -0.759. The molecule has 4 atom stereocenters. The Bertz CT molecular complexity index is 1290. The average Bonchev–Trinajstić information content (AvgIpc) is 3.43. The van der Waals surface area contributed by atoms with Crippen molar-refractivity contribution in [3.63, 3.8) is 0 Å². The van der Waals surface area contributed by atoms with Crippen molar-refractivity contribution >= 4 is 23.3 Å². The second kappa shape index (κ2) is 13.3. The van der Waals surface area contributed by atoms with Crippen molar-refractivity contribution in [3.05, 3.63) is 106 Å². The maximum atomic E-state index is 13.7. The molecule has 3 heterocycles. The van der Waals surface area contributed by atoms with E-state index in [1.165, 1.54) is 9.75 Å². The number of fused-ring (bicyclic) bond motifs is 2. The fourth-order valence-electron chi connectivity index (χ4n) is 6.12. The summed E-state index contributed by atoms with van der Waals surface area (Å²) in [6.07, 6.45) is 7.82. The lowest BCUT2D eigenvalue weighted by molar-refractivity contribution is -0.957. The summed E-state index contributed by atoms with van der Waals surface area (Å²) in [5.41, 5.74) is -0.871. The van der Waals surface area contributed by atoms with Gasteiger partial charge in [-0.2, -0.15) is 0 Å². The predicted molar refractivity (Wildman–Crippen MR) is 155 cm³/mol. The fraction of sp³-hybridized carbons (Fsp3) is 0.394. The van der Waals surface area contributed by atoms with Crippen LogP contribution in [0.2, 0.25) is 0 Å². The first-order valence-corrected chi connectivity index (χ1v) is 15.0. The Kier molecular flexibility index (Phi) is 10.1. The summed E-state index contributed by atoms with van der Waals surface area (Å²) in [7, 11) is 2.29. The number of ether oxygens (including phenoxy) is 2. The zero-order chi connectivity index (χ0) is 28.2. The Morgan fingerprint density at radius 3 is 2.05 bits per heavy atom. The molecule has 218 valence electrons. The van der Waals surface area contributed by atoms with Crippen LogP contribution in [0.3, 0.4) is 0 Å². The number of rotatable bonds is 11. The number of likely N-dealkylation sites (N-methyl/N-ethyl adjacent to an activating group) is 1. The van der Waals surface area contributed by atoms with Gasteiger partial charge in [-0.1, -0.05) is 60.7 Å². The molecule has 1 N–H and O–H groups in total. The van der Waals surface area contributed by atoms with Gasteiger partial charge in [0.25, 0.3) is 0 Å². The maximum Gasteiger partial charge on any atom is 0.347 e. The number of nitrogens with zero attached hydrogens (tertiary/aromatic N) is 1. The summed E-state index contributed by atoms with van der Waals surface area (Å²) < 4.78 is 12.0. The summed E-state index contributed by atoms with van der Waals surface area (Å²) in [6, 6.07) is 22.9. The SMILES string of the molecule is CCOC(=O)CCCc1ccc(C[N+]2(C)[C@@H]3C=C[C@H]2CC(OC(=O)C(O)(c2ccccc2)c2ccccc2)C3)s1.[Cl-]. The predicted octanol–water partition coefficient (Wildman–Crippen LogP) is 2.53. The van der Waals surface area contributed by atoms with E-state index < -0.39 is 11.6 Å². The summed E-state index contributed by atoms with van der Waals surface area (Å²) in [4.78, 5) is 27.9. The van der Waals surface area contributed by atoms with E-state index >= 15 is 0 Å². The molecule has 2 aromatic carbocycles. The van der Waals surface area contributed by atoms with Crippen molar-refractivity contribution in [2.24, 2.45) is 0 Å². The van der Waals surface area contributed by atoms with Gasteiger partial charge in [-0.15, -0.1) is 11.3 Å². The third kappa shape index (κ3) is 6.59. The topological polar surface area (TPSA) is 72.8 Å². The van der Waals surface area contributed by atoms with E-state index in [1.807, 2.05) is 54.7 Å². The van der Waals surface area contributed by atoms with Gasteiger partial charge >= 0.3 is 11.9 Å². The number of aliphatic hydroxyl groups is 1. The third-order valence-corrected chi connectivity index (χ3v) is 9.48. The van der Waals surface area contributed by atoms with Crippen molar-refractivity contribution in [1.82, 2.24) is 0 Å². The fourth-order valence-corrected chi connectivity index (χ4v) is 7.31. The van der Waals surface area contributed by atoms with E-state index in [4.69, 9.17) is 9.47 Å². The monoisotopic (exact) mass is 595 g/mol. The molecule has 0 spiro atoms. The van der Waals surface area contributed by atoms with Crippen LogP contribution in [0.25, 0.3) is 0 Å². The van der Waals surface area contributed by atoms with E-state index in [2.05, 4.69) is 31.3 Å². The van der Waals surface area contributed by atoms with Crippen molar-refractivity contribution in [3.8, 4) is 0 Å². The second-order valence-corrected chi connectivity index (χ2v) is 12.2. The Morgan fingerprint density at radius 2 is 1.49 bits per heavy atom. The lowest BCUT2D eigenvalue weighted by Crippen LogP contribution is -3.00. The number of piperidine rings is 1. The van der Waals surface area contributed by atoms with Crippen molar-refractivity contribution in [2.45, 2.75) is 69.4 Å². The van der Waals surface area contributed by atoms with Gasteiger partial charge < -0.3 is 31.5 Å². The summed E-state index contributed by atoms with van der Waals surface area (Å²) in [6.45, 7) is 3.16. The molecule has 0 radical (unpaired) electrons. The Hall–Kier alpha value is -2.97. The van der Waals surface area contributed by atoms with Crippen molar-refractivity contribution < 1.29 is 41.1 Å². The number of hydrogen-bond donors (Lipinski definition) is 1. The highest BCUT2D eigenvalue weighted by Gasteiger charge is 2.51. The van der Waals surface area contributed by atoms with Crippen LogP contribution in [0, 0.1) is 0 Å². The lowest BCUT2D eigenvalue weighted by Gasteiger charge is -2.47. The van der Waals surface area contributed by atoms with Gasteiger partial charge in [0.15, 0.2) is 0 Å². The number of halogens is 1. The van der Waals surface area contributed by atoms with E-state index in [1.54, 1.807) is 24.3 Å². The molecule has 1 saturated heterocycles. The molecule has 0 amide bonds. The molecule has 0 saturated carbocycles. The highest BCUT2D eigenvalue weighted by molar-refractivity contribution is 7.11. The third-order valence-electron chi connectivity index (χ3n) is 8.35. The number of hydrogen-bond acceptors (Lipinski definition) is 6. The molecule has 2 aliphatic rings. The number of esters is 2.